The molecule has 1 rings (SSSR count). The van der Waals surface area contributed by atoms with Gasteiger partial charge in [-0.15, -0.1) is 6.58 Å². The van der Waals surface area contributed by atoms with Crippen LogP contribution >= 0.6 is 0 Å². The Labute approximate surface area is 91.7 Å². The molecule has 0 bridgehead atoms. The third-order valence-corrected chi connectivity index (χ3v) is 2.28. The summed E-state index contributed by atoms with van der Waals surface area (Å²) < 4.78 is 0. The van der Waals surface area contributed by atoms with Gasteiger partial charge in [-0.2, -0.15) is 0 Å². The van der Waals surface area contributed by atoms with Crippen molar-refractivity contribution in [1.82, 2.24) is 15.3 Å². The van der Waals surface area contributed by atoms with Gasteiger partial charge >= 0.3 is 0 Å². The van der Waals surface area contributed by atoms with Crippen molar-refractivity contribution < 1.29 is 0 Å². The summed E-state index contributed by atoms with van der Waals surface area (Å²) >= 11 is 0. The van der Waals surface area contributed by atoms with Gasteiger partial charge in [-0.3, -0.25) is 0 Å². The first kappa shape index (κ1) is 11.9. The number of rotatable bonds is 7. The minimum absolute atomic E-state index is 0.351. The van der Waals surface area contributed by atoms with E-state index in [1.807, 2.05) is 18.5 Å². The van der Waals surface area contributed by atoms with Gasteiger partial charge in [0, 0.05) is 24.0 Å². The fraction of sp³-hybridized carbons (Fsp3) is 0.500. The van der Waals surface area contributed by atoms with Crippen LogP contribution in [0.5, 0.6) is 0 Å². The first-order valence-electron chi connectivity index (χ1n) is 5.47. The van der Waals surface area contributed by atoms with E-state index in [-0.39, 0.29) is 0 Å². The fourth-order valence-corrected chi connectivity index (χ4v) is 1.48. The van der Waals surface area contributed by atoms with Crippen LogP contribution in [0.25, 0.3) is 0 Å². The average molecular weight is 205 g/mol. The number of aromatic nitrogens is 2. The maximum atomic E-state index is 4.04. The second-order valence-electron chi connectivity index (χ2n) is 3.54. The topological polar surface area (TPSA) is 37.8 Å². The van der Waals surface area contributed by atoms with E-state index in [2.05, 4.69) is 28.8 Å². The molecule has 3 heteroatoms. The molecule has 0 saturated carbocycles. The van der Waals surface area contributed by atoms with Gasteiger partial charge in [0.15, 0.2) is 0 Å². The fourth-order valence-electron chi connectivity index (χ4n) is 1.48. The Morgan fingerprint density at radius 1 is 1.47 bits per heavy atom. The van der Waals surface area contributed by atoms with Crippen LogP contribution < -0.4 is 5.32 Å². The molecule has 1 unspecified atom stereocenters. The van der Waals surface area contributed by atoms with Crippen molar-refractivity contribution in [2.45, 2.75) is 32.2 Å². The van der Waals surface area contributed by atoms with Crippen LogP contribution in [0.1, 0.15) is 37.8 Å². The maximum absolute atomic E-state index is 4.04. The number of nitrogens with one attached hydrogen (secondary N) is 1. The normalized spacial score (nSPS) is 12.3. The molecule has 0 fully saturated rings. The third-order valence-electron chi connectivity index (χ3n) is 2.28. The second kappa shape index (κ2) is 7.12. The van der Waals surface area contributed by atoms with Crippen LogP contribution in [0.4, 0.5) is 0 Å². The summed E-state index contributed by atoms with van der Waals surface area (Å²) in [6, 6.07) is 0.351. The van der Waals surface area contributed by atoms with Gasteiger partial charge < -0.3 is 5.32 Å². The van der Waals surface area contributed by atoms with Crippen molar-refractivity contribution in [3.63, 3.8) is 0 Å². The van der Waals surface area contributed by atoms with E-state index >= 15 is 0 Å². The van der Waals surface area contributed by atoms with E-state index in [9.17, 15) is 0 Å². The van der Waals surface area contributed by atoms with E-state index in [1.54, 1.807) is 6.33 Å². The van der Waals surface area contributed by atoms with E-state index in [4.69, 9.17) is 0 Å². The lowest BCUT2D eigenvalue weighted by Crippen LogP contribution is -2.22. The van der Waals surface area contributed by atoms with Crippen LogP contribution in [0.3, 0.4) is 0 Å². The van der Waals surface area contributed by atoms with Crippen LogP contribution in [-0.2, 0) is 0 Å². The predicted molar refractivity (Wildman–Crippen MR) is 62.5 cm³/mol. The molecule has 82 valence electrons. The Morgan fingerprint density at radius 3 is 2.80 bits per heavy atom. The van der Waals surface area contributed by atoms with Crippen molar-refractivity contribution >= 4 is 0 Å². The average Bonchev–Trinajstić information content (AvgIpc) is 2.30. The lowest BCUT2D eigenvalue weighted by Gasteiger charge is -2.17. The van der Waals surface area contributed by atoms with Gasteiger partial charge in [0.2, 0.25) is 0 Å². The van der Waals surface area contributed by atoms with Gasteiger partial charge in [-0.05, 0) is 25.8 Å². The minimum Gasteiger partial charge on any atom is -0.310 e. The molecule has 1 aromatic rings. The molecule has 0 aromatic carbocycles. The molecule has 0 radical (unpaired) electrons. The summed E-state index contributed by atoms with van der Waals surface area (Å²) in [6.07, 6.45) is 10.5. The lowest BCUT2D eigenvalue weighted by molar-refractivity contribution is 0.500. The van der Waals surface area contributed by atoms with Gasteiger partial charge in [0.1, 0.15) is 6.33 Å². The van der Waals surface area contributed by atoms with E-state index in [0.717, 1.165) is 31.4 Å². The molecular formula is C12H19N3. The predicted octanol–water partition coefficient (Wildman–Crippen LogP) is 2.48. The SMILES string of the molecule is C=CCCC(NCCC)c1cncnc1. The second-order valence-corrected chi connectivity index (χ2v) is 3.54. The zero-order valence-electron chi connectivity index (χ0n) is 9.32. The number of hydrogen-bond acceptors (Lipinski definition) is 3. The molecule has 1 N–H and O–H groups in total. The Kier molecular flexibility index (Phi) is 5.63. The molecule has 0 aliphatic carbocycles. The van der Waals surface area contributed by atoms with Gasteiger partial charge in [-0.25, -0.2) is 9.97 Å². The summed E-state index contributed by atoms with van der Waals surface area (Å²) in [7, 11) is 0. The van der Waals surface area contributed by atoms with Crippen molar-refractivity contribution in [2.24, 2.45) is 0 Å². The van der Waals surface area contributed by atoms with E-state index in [1.165, 1.54) is 0 Å². The highest BCUT2D eigenvalue weighted by Gasteiger charge is 2.09. The molecule has 0 amide bonds. The first-order chi connectivity index (χ1) is 7.38. The van der Waals surface area contributed by atoms with E-state index < -0.39 is 0 Å². The lowest BCUT2D eigenvalue weighted by atomic mass is 10.1. The summed E-state index contributed by atoms with van der Waals surface area (Å²) in [4.78, 5) is 8.09. The molecule has 1 aromatic heterocycles. The van der Waals surface area contributed by atoms with Gasteiger partial charge in [0.05, 0.1) is 0 Å². The highest BCUT2D eigenvalue weighted by molar-refractivity contribution is 5.09. The molecule has 15 heavy (non-hydrogen) atoms. The van der Waals surface area contributed by atoms with Crippen molar-refractivity contribution in [3.8, 4) is 0 Å². The minimum atomic E-state index is 0.351. The van der Waals surface area contributed by atoms with Gasteiger partial charge in [-0.1, -0.05) is 13.0 Å². The van der Waals surface area contributed by atoms with Crippen LogP contribution in [0, 0.1) is 0 Å². The number of hydrogen-bond donors (Lipinski definition) is 1. The molecule has 3 nitrogen and oxygen atoms in total. The Morgan fingerprint density at radius 2 is 2.20 bits per heavy atom. The highest BCUT2D eigenvalue weighted by atomic mass is 14.9. The number of allylic oxidation sites excluding steroid dienone is 1. The Bertz CT molecular complexity index is 271. The molecule has 0 spiro atoms. The smallest absolute Gasteiger partial charge is 0.115 e. The van der Waals surface area contributed by atoms with Crippen molar-refractivity contribution in [2.75, 3.05) is 6.54 Å². The Hall–Kier alpha value is -1.22. The van der Waals surface area contributed by atoms with Crippen LogP contribution in [0.15, 0.2) is 31.4 Å². The maximum Gasteiger partial charge on any atom is 0.115 e. The third kappa shape index (κ3) is 4.21. The monoisotopic (exact) mass is 205 g/mol. The molecule has 0 aliphatic heterocycles. The highest BCUT2D eigenvalue weighted by Crippen LogP contribution is 2.16. The quantitative estimate of drug-likeness (QED) is 0.695. The van der Waals surface area contributed by atoms with Crippen molar-refractivity contribution in [3.05, 3.63) is 36.9 Å². The van der Waals surface area contributed by atoms with Crippen LogP contribution in [0.2, 0.25) is 0 Å². The zero-order chi connectivity index (χ0) is 10.9. The molecule has 1 heterocycles. The Balaban J connectivity index is 2.58. The van der Waals surface area contributed by atoms with E-state index in [0.29, 0.717) is 6.04 Å². The van der Waals surface area contributed by atoms with Gasteiger partial charge in [0.25, 0.3) is 0 Å². The summed E-state index contributed by atoms with van der Waals surface area (Å²) in [5.41, 5.74) is 1.16. The largest absolute Gasteiger partial charge is 0.310 e. The summed E-state index contributed by atoms with van der Waals surface area (Å²) in [5.74, 6) is 0. The van der Waals surface area contributed by atoms with Crippen molar-refractivity contribution in [1.29, 1.82) is 0 Å². The molecular weight excluding hydrogens is 186 g/mol. The zero-order valence-corrected chi connectivity index (χ0v) is 9.32. The summed E-state index contributed by atoms with van der Waals surface area (Å²) in [5, 5.41) is 3.49. The van der Waals surface area contributed by atoms with Crippen LogP contribution in [-0.4, -0.2) is 16.5 Å². The number of nitrogens with zero attached hydrogens (tertiary/aromatic N) is 2. The molecule has 1 atom stereocenters. The molecule has 0 saturated heterocycles. The summed E-state index contributed by atoms with van der Waals surface area (Å²) in [6.45, 7) is 6.94. The first-order valence-corrected chi connectivity index (χ1v) is 5.47. The standard InChI is InChI=1S/C12H19N3/c1-3-5-6-12(15-7-4-2)11-8-13-10-14-9-11/h3,8-10,12,15H,1,4-7H2,2H3. The molecule has 0 aliphatic rings.